The van der Waals surface area contributed by atoms with Crippen LogP contribution in [0.1, 0.15) is 18.4 Å². The average Bonchev–Trinajstić information content (AvgIpc) is 2.86. The first-order valence-electron chi connectivity index (χ1n) is 4.43. The van der Waals surface area contributed by atoms with Crippen molar-refractivity contribution >= 4 is 15.9 Å². The third kappa shape index (κ3) is 2.10. The number of rotatable bonds is 3. The molecule has 0 N–H and O–H groups in total. The van der Waals surface area contributed by atoms with Gasteiger partial charge in [0, 0.05) is 4.47 Å². The van der Waals surface area contributed by atoms with E-state index in [0.29, 0.717) is 0 Å². The highest BCUT2D eigenvalue weighted by molar-refractivity contribution is 9.10. The smallest absolute Gasteiger partial charge is 0.0207 e. The van der Waals surface area contributed by atoms with Gasteiger partial charge in [0.2, 0.25) is 0 Å². The Balaban J connectivity index is 1.96. The van der Waals surface area contributed by atoms with Crippen LogP contribution in [0.15, 0.2) is 28.7 Å². The van der Waals surface area contributed by atoms with Crippen LogP contribution in [0.25, 0.3) is 0 Å². The summed E-state index contributed by atoms with van der Waals surface area (Å²) >= 11 is 3.55. The summed E-state index contributed by atoms with van der Waals surface area (Å²) in [6, 6.07) is 8.45. The second-order valence-electron chi connectivity index (χ2n) is 3.37. The molecule has 12 heavy (non-hydrogen) atoms. The van der Waals surface area contributed by atoms with Crippen molar-refractivity contribution in [2.45, 2.75) is 19.3 Å². The summed E-state index contributed by atoms with van der Waals surface area (Å²) in [6.45, 7) is 0. The minimum Gasteiger partial charge on any atom is -0.0619 e. The van der Waals surface area contributed by atoms with E-state index in [2.05, 4.69) is 46.6 Å². The Morgan fingerprint density at radius 1 is 1.33 bits per heavy atom. The molecule has 1 saturated carbocycles. The number of hydrogen-bond donors (Lipinski definition) is 0. The lowest BCUT2D eigenvalue weighted by Gasteiger charge is -2.01. The van der Waals surface area contributed by atoms with Crippen molar-refractivity contribution in [2.75, 3.05) is 0 Å². The first-order valence-corrected chi connectivity index (χ1v) is 5.22. The van der Waals surface area contributed by atoms with Crippen LogP contribution in [0.4, 0.5) is 0 Å². The second kappa shape index (κ2) is 3.61. The normalized spacial score (nSPS) is 16.4. The summed E-state index contributed by atoms with van der Waals surface area (Å²) in [5, 5.41) is 0. The molecule has 0 unspecified atom stereocenters. The molecule has 0 aromatic heterocycles. The van der Waals surface area contributed by atoms with Crippen LogP contribution < -0.4 is 0 Å². The van der Waals surface area contributed by atoms with Crippen LogP contribution in [0, 0.1) is 12.3 Å². The minimum absolute atomic E-state index is 0.914. The zero-order valence-corrected chi connectivity index (χ0v) is 8.55. The monoisotopic (exact) mass is 223 g/mol. The number of halogens is 1. The molecule has 0 atom stereocenters. The van der Waals surface area contributed by atoms with E-state index in [1.807, 2.05) is 0 Å². The topological polar surface area (TPSA) is 0 Å². The largest absolute Gasteiger partial charge is 0.0619 e. The van der Waals surface area contributed by atoms with Gasteiger partial charge in [0.05, 0.1) is 0 Å². The predicted octanol–water partition coefficient (Wildman–Crippen LogP) is 3.61. The lowest BCUT2D eigenvalue weighted by molar-refractivity contribution is 0.922. The van der Waals surface area contributed by atoms with Gasteiger partial charge in [0.25, 0.3) is 0 Å². The fourth-order valence-corrected chi connectivity index (χ4v) is 1.74. The maximum absolute atomic E-state index is 3.55. The van der Waals surface area contributed by atoms with E-state index in [1.165, 1.54) is 22.9 Å². The van der Waals surface area contributed by atoms with E-state index in [-0.39, 0.29) is 0 Å². The van der Waals surface area contributed by atoms with Crippen molar-refractivity contribution < 1.29 is 0 Å². The Labute approximate surface area is 82.1 Å². The lowest BCUT2D eigenvalue weighted by atomic mass is 10.1. The molecule has 0 aliphatic heterocycles. The maximum Gasteiger partial charge on any atom is 0.0207 e. The summed E-state index contributed by atoms with van der Waals surface area (Å²) < 4.78 is 1.24. The molecule has 0 saturated heterocycles. The van der Waals surface area contributed by atoms with Crippen molar-refractivity contribution in [3.05, 3.63) is 40.7 Å². The van der Waals surface area contributed by atoms with Crippen molar-refractivity contribution in [2.24, 2.45) is 5.92 Å². The molecule has 1 radical (unpaired) electrons. The van der Waals surface area contributed by atoms with Crippen molar-refractivity contribution in [1.29, 1.82) is 0 Å². The van der Waals surface area contributed by atoms with Gasteiger partial charge >= 0.3 is 0 Å². The van der Waals surface area contributed by atoms with Gasteiger partial charge in [-0.3, -0.25) is 0 Å². The molecule has 0 nitrogen and oxygen atoms in total. The van der Waals surface area contributed by atoms with Crippen molar-refractivity contribution in [3.8, 4) is 0 Å². The summed E-state index contributed by atoms with van der Waals surface area (Å²) in [5.74, 6) is 0.914. The Morgan fingerprint density at radius 2 is 2.08 bits per heavy atom. The van der Waals surface area contributed by atoms with Gasteiger partial charge < -0.3 is 0 Å². The fourth-order valence-electron chi connectivity index (χ4n) is 1.29. The SMILES string of the molecule is Brc1ccccc1C[CH]C1CC1. The van der Waals surface area contributed by atoms with E-state index >= 15 is 0 Å². The maximum atomic E-state index is 3.55. The zero-order chi connectivity index (χ0) is 8.39. The predicted molar refractivity (Wildman–Crippen MR) is 54.9 cm³/mol. The molecule has 1 aliphatic carbocycles. The quantitative estimate of drug-likeness (QED) is 0.735. The Bertz CT molecular complexity index is 263. The third-order valence-corrected chi connectivity index (χ3v) is 3.02. The molecule has 1 aliphatic rings. The van der Waals surface area contributed by atoms with Crippen LogP contribution >= 0.6 is 15.9 Å². The summed E-state index contributed by atoms with van der Waals surface area (Å²) in [4.78, 5) is 0. The molecule has 1 aromatic rings. The summed E-state index contributed by atoms with van der Waals surface area (Å²) in [5.41, 5.74) is 1.41. The van der Waals surface area contributed by atoms with Gasteiger partial charge in [-0.1, -0.05) is 34.1 Å². The van der Waals surface area contributed by atoms with Crippen molar-refractivity contribution in [1.82, 2.24) is 0 Å². The molecule has 1 heteroatoms. The lowest BCUT2D eigenvalue weighted by Crippen LogP contribution is -1.88. The number of hydrogen-bond acceptors (Lipinski definition) is 0. The van der Waals surface area contributed by atoms with Crippen LogP contribution in [0.2, 0.25) is 0 Å². The van der Waals surface area contributed by atoms with Gasteiger partial charge in [-0.2, -0.15) is 0 Å². The zero-order valence-electron chi connectivity index (χ0n) is 6.96. The highest BCUT2D eigenvalue weighted by Crippen LogP contribution is 2.33. The molecule has 1 aromatic carbocycles. The highest BCUT2D eigenvalue weighted by Gasteiger charge is 2.20. The highest BCUT2D eigenvalue weighted by atomic mass is 79.9. The molecule has 0 spiro atoms. The first-order chi connectivity index (χ1) is 5.86. The van der Waals surface area contributed by atoms with Crippen LogP contribution in [0.3, 0.4) is 0 Å². The second-order valence-corrected chi connectivity index (χ2v) is 4.22. The Morgan fingerprint density at radius 3 is 2.75 bits per heavy atom. The summed E-state index contributed by atoms with van der Waals surface area (Å²) in [6.07, 6.45) is 6.36. The van der Waals surface area contributed by atoms with E-state index in [0.717, 1.165) is 12.3 Å². The minimum atomic E-state index is 0.914. The third-order valence-electron chi connectivity index (χ3n) is 2.25. The van der Waals surface area contributed by atoms with Gasteiger partial charge in [-0.25, -0.2) is 0 Å². The molecular formula is C11H12Br. The number of benzene rings is 1. The molecule has 1 fully saturated rings. The first kappa shape index (κ1) is 8.31. The Kier molecular flexibility index (Phi) is 2.50. The molecule has 63 valence electrons. The molecular weight excluding hydrogens is 212 g/mol. The molecule has 0 heterocycles. The molecule has 2 rings (SSSR count). The van der Waals surface area contributed by atoms with E-state index in [9.17, 15) is 0 Å². The standard InChI is InChI=1S/C11H12Br/c12-11-4-2-1-3-10(11)8-7-9-5-6-9/h1-4,7,9H,5-6,8H2. The van der Waals surface area contributed by atoms with Gasteiger partial charge in [0.1, 0.15) is 0 Å². The van der Waals surface area contributed by atoms with Crippen LogP contribution in [0.5, 0.6) is 0 Å². The van der Waals surface area contributed by atoms with Crippen LogP contribution in [-0.4, -0.2) is 0 Å². The van der Waals surface area contributed by atoms with Crippen LogP contribution in [-0.2, 0) is 6.42 Å². The van der Waals surface area contributed by atoms with Gasteiger partial charge in [-0.05, 0) is 43.2 Å². The molecule has 0 bridgehead atoms. The average molecular weight is 224 g/mol. The van der Waals surface area contributed by atoms with Gasteiger partial charge in [-0.15, -0.1) is 0 Å². The summed E-state index contributed by atoms with van der Waals surface area (Å²) in [7, 11) is 0. The Hall–Kier alpha value is -0.300. The van der Waals surface area contributed by atoms with E-state index < -0.39 is 0 Å². The van der Waals surface area contributed by atoms with E-state index in [1.54, 1.807) is 0 Å². The van der Waals surface area contributed by atoms with Crippen molar-refractivity contribution in [3.63, 3.8) is 0 Å². The fraction of sp³-hybridized carbons (Fsp3) is 0.364. The molecule has 0 amide bonds. The van der Waals surface area contributed by atoms with E-state index in [4.69, 9.17) is 0 Å². The van der Waals surface area contributed by atoms with Gasteiger partial charge in [0.15, 0.2) is 0 Å².